The quantitative estimate of drug-likeness (QED) is 0.661. The Morgan fingerprint density at radius 2 is 2.35 bits per heavy atom. The Morgan fingerprint density at radius 1 is 1.55 bits per heavy atom. The van der Waals surface area contributed by atoms with Crippen molar-refractivity contribution in [3.63, 3.8) is 0 Å². The molecule has 6 nitrogen and oxygen atoms in total. The van der Waals surface area contributed by atoms with Gasteiger partial charge in [0.05, 0.1) is 11.5 Å². The summed E-state index contributed by atoms with van der Waals surface area (Å²) >= 11 is 0. The molecule has 1 aromatic rings. The maximum absolute atomic E-state index is 11.4. The van der Waals surface area contributed by atoms with E-state index in [9.17, 15) is 10.1 Å². The summed E-state index contributed by atoms with van der Waals surface area (Å²) in [6, 6.07) is 5.61. The molecular weight excluding hydrogens is 258 g/mol. The molecule has 1 atom stereocenters. The Balaban J connectivity index is 2.33. The van der Waals surface area contributed by atoms with Gasteiger partial charge in [0.1, 0.15) is 5.69 Å². The van der Waals surface area contributed by atoms with Crippen molar-refractivity contribution in [1.82, 2.24) is 5.32 Å². The Kier molecular flexibility index (Phi) is 4.79. The Labute approximate surface area is 118 Å². The zero-order valence-corrected chi connectivity index (χ0v) is 12.0. The van der Waals surface area contributed by atoms with E-state index in [1.807, 2.05) is 13.0 Å². The van der Waals surface area contributed by atoms with E-state index in [1.54, 1.807) is 12.1 Å². The normalized spacial score (nSPS) is 18.9. The average molecular weight is 279 g/mol. The number of nitrogens with zero attached hydrogens (tertiary/aromatic N) is 2. The minimum atomic E-state index is -0.340. The first kappa shape index (κ1) is 14.6. The molecular formula is C14H21N3O3. The van der Waals surface area contributed by atoms with Crippen LogP contribution in [-0.4, -0.2) is 37.2 Å². The first-order valence-electron chi connectivity index (χ1n) is 7.02. The van der Waals surface area contributed by atoms with Gasteiger partial charge >= 0.3 is 5.69 Å². The summed E-state index contributed by atoms with van der Waals surface area (Å²) in [6.07, 6.45) is 0.825. The maximum Gasteiger partial charge on any atom is 0.333 e. The maximum atomic E-state index is 11.4. The molecule has 0 aliphatic carbocycles. The number of benzene rings is 1. The van der Waals surface area contributed by atoms with Gasteiger partial charge in [-0.15, -0.1) is 0 Å². The third-order valence-corrected chi connectivity index (χ3v) is 3.33. The van der Waals surface area contributed by atoms with Gasteiger partial charge in [-0.1, -0.05) is 13.0 Å². The van der Waals surface area contributed by atoms with Gasteiger partial charge in [-0.3, -0.25) is 10.1 Å². The number of para-hydroxylation sites is 1. The van der Waals surface area contributed by atoms with Crippen LogP contribution < -0.4 is 15.0 Å². The molecule has 0 amide bonds. The predicted molar refractivity (Wildman–Crippen MR) is 78.6 cm³/mol. The lowest BCUT2D eigenvalue weighted by Crippen LogP contribution is -2.49. The van der Waals surface area contributed by atoms with E-state index in [2.05, 4.69) is 17.1 Å². The minimum Gasteiger partial charge on any atom is -0.487 e. The summed E-state index contributed by atoms with van der Waals surface area (Å²) < 4.78 is 5.52. The minimum absolute atomic E-state index is 0.0788. The fraction of sp³-hybridized carbons (Fsp3) is 0.571. The topological polar surface area (TPSA) is 67.6 Å². The molecule has 0 aromatic heterocycles. The molecule has 1 aromatic carbocycles. The van der Waals surface area contributed by atoms with Crippen molar-refractivity contribution in [2.24, 2.45) is 0 Å². The number of nitro groups is 1. The number of hydrogen-bond acceptors (Lipinski definition) is 5. The van der Waals surface area contributed by atoms with Crippen LogP contribution in [0.15, 0.2) is 18.2 Å². The average Bonchev–Trinajstić information content (AvgIpc) is 2.44. The molecule has 1 N–H and O–H groups in total. The zero-order chi connectivity index (χ0) is 14.5. The van der Waals surface area contributed by atoms with Crippen LogP contribution in [0.25, 0.3) is 0 Å². The summed E-state index contributed by atoms with van der Waals surface area (Å²) in [6.45, 7) is 6.91. The first-order chi connectivity index (χ1) is 9.63. The molecule has 0 spiro atoms. The van der Waals surface area contributed by atoms with Crippen LogP contribution >= 0.6 is 0 Å². The number of nitro benzene ring substituents is 1. The van der Waals surface area contributed by atoms with Crippen LogP contribution in [0.5, 0.6) is 5.75 Å². The fourth-order valence-electron chi connectivity index (χ4n) is 2.43. The van der Waals surface area contributed by atoms with Crippen LogP contribution in [-0.2, 0) is 0 Å². The van der Waals surface area contributed by atoms with Crippen molar-refractivity contribution in [3.05, 3.63) is 28.3 Å². The lowest BCUT2D eigenvalue weighted by molar-refractivity contribution is -0.385. The molecule has 0 saturated carbocycles. The van der Waals surface area contributed by atoms with E-state index in [-0.39, 0.29) is 10.6 Å². The standard InChI is InChI=1S/C14H21N3O3/c1-3-9-20-13-6-4-5-12(14(13)17(18)19)16-8-7-15-11(2)10-16/h4-6,11,15H,3,7-10H2,1-2H3. The van der Waals surface area contributed by atoms with Crippen LogP contribution in [0.4, 0.5) is 11.4 Å². The number of anilines is 1. The molecule has 6 heteroatoms. The van der Waals surface area contributed by atoms with Crippen LogP contribution in [0.2, 0.25) is 0 Å². The van der Waals surface area contributed by atoms with Gasteiger partial charge in [-0.2, -0.15) is 0 Å². The molecule has 1 fully saturated rings. The number of ether oxygens (including phenoxy) is 1. The molecule has 1 unspecified atom stereocenters. The van der Waals surface area contributed by atoms with E-state index < -0.39 is 0 Å². The summed E-state index contributed by atoms with van der Waals surface area (Å²) in [5.74, 6) is 0.362. The summed E-state index contributed by atoms with van der Waals surface area (Å²) in [4.78, 5) is 13.1. The van der Waals surface area contributed by atoms with Gasteiger partial charge in [0, 0.05) is 25.7 Å². The van der Waals surface area contributed by atoms with Crippen molar-refractivity contribution in [2.45, 2.75) is 26.3 Å². The highest BCUT2D eigenvalue weighted by atomic mass is 16.6. The van der Waals surface area contributed by atoms with Gasteiger partial charge < -0.3 is 15.0 Å². The van der Waals surface area contributed by atoms with Crippen LogP contribution in [0.3, 0.4) is 0 Å². The van der Waals surface area contributed by atoms with Gasteiger partial charge in [-0.05, 0) is 25.5 Å². The molecule has 1 saturated heterocycles. The molecule has 1 heterocycles. The third-order valence-electron chi connectivity index (χ3n) is 3.33. The number of nitrogens with one attached hydrogen (secondary N) is 1. The highest BCUT2D eigenvalue weighted by Crippen LogP contribution is 2.37. The van der Waals surface area contributed by atoms with Crippen molar-refractivity contribution < 1.29 is 9.66 Å². The SMILES string of the molecule is CCCOc1cccc(N2CCNC(C)C2)c1[N+](=O)[O-]. The second kappa shape index (κ2) is 6.56. The van der Waals surface area contributed by atoms with Gasteiger partial charge in [0.2, 0.25) is 0 Å². The van der Waals surface area contributed by atoms with Gasteiger partial charge in [-0.25, -0.2) is 0 Å². The molecule has 1 aliphatic rings. The number of rotatable bonds is 5. The molecule has 20 heavy (non-hydrogen) atoms. The monoisotopic (exact) mass is 279 g/mol. The molecule has 0 radical (unpaired) electrons. The number of piperazine rings is 1. The van der Waals surface area contributed by atoms with Gasteiger partial charge in [0.25, 0.3) is 0 Å². The molecule has 0 bridgehead atoms. The lowest BCUT2D eigenvalue weighted by Gasteiger charge is -2.33. The second-order valence-corrected chi connectivity index (χ2v) is 5.03. The third kappa shape index (κ3) is 3.19. The Bertz CT molecular complexity index is 479. The predicted octanol–water partition coefficient (Wildman–Crippen LogP) is 2.18. The van der Waals surface area contributed by atoms with Crippen molar-refractivity contribution in [3.8, 4) is 5.75 Å². The summed E-state index contributed by atoms with van der Waals surface area (Å²) in [5, 5.41) is 14.7. The molecule has 2 rings (SSSR count). The van der Waals surface area contributed by atoms with Crippen LogP contribution in [0, 0.1) is 10.1 Å². The van der Waals surface area contributed by atoms with Gasteiger partial charge in [0.15, 0.2) is 5.75 Å². The first-order valence-corrected chi connectivity index (χ1v) is 7.02. The van der Waals surface area contributed by atoms with E-state index >= 15 is 0 Å². The number of hydrogen-bond donors (Lipinski definition) is 1. The summed E-state index contributed by atoms with van der Waals surface area (Å²) in [7, 11) is 0. The van der Waals surface area contributed by atoms with Crippen molar-refractivity contribution >= 4 is 11.4 Å². The van der Waals surface area contributed by atoms with Crippen LogP contribution in [0.1, 0.15) is 20.3 Å². The van der Waals surface area contributed by atoms with E-state index in [0.717, 1.165) is 26.1 Å². The smallest absolute Gasteiger partial charge is 0.333 e. The molecule has 110 valence electrons. The van der Waals surface area contributed by atoms with E-state index in [1.165, 1.54) is 0 Å². The zero-order valence-electron chi connectivity index (χ0n) is 12.0. The second-order valence-electron chi connectivity index (χ2n) is 5.03. The summed E-state index contributed by atoms with van der Waals surface area (Å²) in [5.41, 5.74) is 0.729. The van der Waals surface area contributed by atoms with E-state index in [4.69, 9.17) is 4.74 Å². The van der Waals surface area contributed by atoms with Crippen molar-refractivity contribution in [2.75, 3.05) is 31.1 Å². The van der Waals surface area contributed by atoms with E-state index in [0.29, 0.717) is 24.1 Å². The Morgan fingerprint density at radius 3 is 3.00 bits per heavy atom. The highest BCUT2D eigenvalue weighted by molar-refractivity contribution is 5.70. The fourth-order valence-corrected chi connectivity index (χ4v) is 2.43. The largest absolute Gasteiger partial charge is 0.487 e. The lowest BCUT2D eigenvalue weighted by atomic mass is 10.1. The Hall–Kier alpha value is -1.82. The van der Waals surface area contributed by atoms with Crippen molar-refractivity contribution in [1.29, 1.82) is 0 Å². The molecule has 1 aliphatic heterocycles. The highest BCUT2D eigenvalue weighted by Gasteiger charge is 2.27.